The number of ether oxygens (including phenoxy) is 5. The normalized spacial score (nSPS) is 16.3. The molecule has 0 aromatic heterocycles. The van der Waals surface area contributed by atoms with E-state index in [2.05, 4.69) is 23.8 Å². The summed E-state index contributed by atoms with van der Waals surface area (Å²) in [6.45, 7) is 12.6. The number of rotatable bonds is 14. The summed E-state index contributed by atoms with van der Waals surface area (Å²) >= 11 is 0. The van der Waals surface area contributed by atoms with Crippen molar-refractivity contribution in [1.29, 1.82) is 0 Å². The van der Waals surface area contributed by atoms with Gasteiger partial charge in [0.15, 0.2) is 6.10 Å². The third-order valence-corrected chi connectivity index (χ3v) is 7.24. The van der Waals surface area contributed by atoms with E-state index in [1.807, 2.05) is 19.1 Å². The largest absolute Gasteiger partial charge is 0.490 e. The Bertz CT molecular complexity index is 1350. The lowest BCUT2D eigenvalue weighted by molar-refractivity contribution is -0.142. The minimum Gasteiger partial charge on any atom is -0.490 e. The average molecular weight is 623 g/mol. The van der Waals surface area contributed by atoms with Crippen LogP contribution in [0.2, 0.25) is 0 Å². The molecule has 45 heavy (non-hydrogen) atoms. The fraction of sp³-hybridized carbons (Fsp3) is 0.412. The van der Waals surface area contributed by atoms with Gasteiger partial charge < -0.3 is 23.7 Å². The first kappa shape index (κ1) is 34.7. The topological polar surface area (TPSA) is 138 Å². The lowest BCUT2D eigenvalue weighted by Gasteiger charge is -2.27. The summed E-state index contributed by atoms with van der Waals surface area (Å²) in [5, 5.41) is 5.37. The molecular formula is C34H42N2O9. The molecule has 3 rings (SSSR count). The van der Waals surface area contributed by atoms with Gasteiger partial charge in [0.1, 0.15) is 19.0 Å². The van der Waals surface area contributed by atoms with Gasteiger partial charge in [0.2, 0.25) is 0 Å². The molecule has 1 unspecified atom stereocenters. The predicted octanol–water partition coefficient (Wildman–Crippen LogP) is 6.50. The second-order valence-corrected chi connectivity index (χ2v) is 11.1. The van der Waals surface area contributed by atoms with Crippen LogP contribution in [0.4, 0.5) is 21.0 Å². The van der Waals surface area contributed by atoms with Gasteiger partial charge in [0.05, 0.1) is 13.2 Å². The molecule has 11 nitrogen and oxygen atoms in total. The van der Waals surface area contributed by atoms with Crippen LogP contribution in [0.15, 0.2) is 67.3 Å². The molecule has 2 aromatic rings. The highest BCUT2D eigenvalue weighted by atomic mass is 16.6. The van der Waals surface area contributed by atoms with E-state index in [0.717, 1.165) is 42.9 Å². The summed E-state index contributed by atoms with van der Waals surface area (Å²) in [5.74, 6) is 0.0654. The zero-order valence-corrected chi connectivity index (χ0v) is 26.1. The van der Waals surface area contributed by atoms with Crippen molar-refractivity contribution in [2.75, 3.05) is 37.1 Å². The second kappa shape index (κ2) is 17.5. The Balaban J connectivity index is 1.49. The lowest BCUT2D eigenvalue weighted by Crippen LogP contribution is -2.33. The minimum atomic E-state index is -0.913. The van der Waals surface area contributed by atoms with Crippen LogP contribution in [0.5, 0.6) is 5.75 Å². The van der Waals surface area contributed by atoms with Crippen LogP contribution >= 0.6 is 0 Å². The van der Waals surface area contributed by atoms with Gasteiger partial charge in [0, 0.05) is 23.0 Å². The number of aryl methyl sites for hydroxylation is 2. The van der Waals surface area contributed by atoms with Crippen LogP contribution in [0, 0.1) is 25.7 Å². The van der Waals surface area contributed by atoms with Gasteiger partial charge in [-0.15, -0.1) is 0 Å². The molecule has 1 aliphatic rings. The van der Waals surface area contributed by atoms with Crippen LogP contribution in [-0.2, 0) is 28.5 Å². The van der Waals surface area contributed by atoms with Crippen molar-refractivity contribution in [2.24, 2.45) is 11.8 Å². The van der Waals surface area contributed by atoms with Crippen molar-refractivity contribution in [3.63, 3.8) is 0 Å². The molecule has 0 bridgehead atoms. The lowest BCUT2D eigenvalue weighted by atomic mass is 9.83. The number of amides is 2. The van der Waals surface area contributed by atoms with Crippen molar-refractivity contribution in [3.05, 3.63) is 78.4 Å². The van der Waals surface area contributed by atoms with Crippen LogP contribution in [0.3, 0.4) is 0 Å². The molecule has 242 valence electrons. The fourth-order valence-electron chi connectivity index (χ4n) is 4.53. The van der Waals surface area contributed by atoms with E-state index < -0.39 is 30.2 Å². The summed E-state index contributed by atoms with van der Waals surface area (Å²) in [6, 6.07) is 12.4. The van der Waals surface area contributed by atoms with Crippen LogP contribution in [0.1, 0.15) is 43.7 Å². The molecular weight excluding hydrogens is 580 g/mol. The SMILES string of the molecule is C=CC(=O)OCC1CCC(COC(=O)Nc2ccc(C)c(NC(=O)OC(COC(=O)C(=C)C)COc3ccc(C)cc3)c2)CC1. The highest BCUT2D eigenvalue weighted by Gasteiger charge is 2.24. The van der Waals surface area contributed by atoms with E-state index >= 15 is 0 Å². The molecule has 2 aromatic carbocycles. The molecule has 0 heterocycles. The molecule has 0 spiro atoms. The average Bonchev–Trinajstić information content (AvgIpc) is 3.02. The first-order chi connectivity index (χ1) is 21.5. The van der Waals surface area contributed by atoms with Crippen molar-refractivity contribution < 1.29 is 42.9 Å². The standard InChI is InChI=1S/C34H42N2O9/c1-6-31(37)42-18-25-10-12-26(13-11-25)19-44-33(39)35-27-14-9-24(5)30(17-27)36-34(40)45-29(21-43-32(38)22(2)3)20-41-28-15-7-23(4)8-16-28/h6-9,14-17,25-26,29H,1-2,10-13,18-21H2,3-5H3,(H,35,39)(H,36,40). The molecule has 11 heteroatoms. The molecule has 2 amide bonds. The number of carbonyl (C=O) groups is 4. The van der Waals surface area contributed by atoms with E-state index in [9.17, 15) is 19.2 Å². The summed E-state index contributed by atoms with van der Waals surface area (Å²) < 4.78 is 27.1. The van der Waals surface area contributed by atoms with E-state index in [1.54, 1.807) is 37.3 Å². The number of esters is 2. The Morgan fingerprint density at radius 2 is 1.51 bits per heavy atom. The second-order valence-electron chi connectivity index (χ2n) is 11.1. The Kier molecular flexibility index (Phi) is 13.5. The fourth-order valence-corrected chi connectivity index (χ4v) is 4.53. The summed E-state index contributed by atoms with van der Waals surface area (Å²) in [6.07, 6.45) is 2.35. The summed E-state index contributed by atoms with van der Waals surface area (Å²) in [4.78, 5) is 48.5. The van der Waals surface area contributed by atoms with Gasteiger partial charge in [-0.3, -0.25) is 10.6 Å². The van der Waals surface area contributed by atoms with Gasteiger partial charge >= 0.3 is 24.1 Å². The molecule has 0 radical (unpaired) electrons. The van der Waals surface area contributed by atoms with Crippen molar-refractivity contribution in [1.82, 2.24) is 0 Å². The third kappa shape index (κ3) is 12.4. The maximum Gasteiger partial charge on any atom is 0.412 e. The number of anilines is 2. The number of benzene rings is 2. The smallest absolute Gasteiger partial charge is 0.412 e. The van der Waals surface area contributed by atoms with E-state index in [0.29, 0.717) is 29.6 Å². The van der Waals surface area contributed by atoms with Crippen LogP contribution in [0.25, 0.3) is 0 Å². The summed E-state index contributed by atoms with van der Waals surface area (Å²) in [5.41, 5.74) is 2.83. The number of carbonyl (C=O) groups excluding carboxylic acids is 4. The molecule has 0 aliphatic heterocycles. The maximum absolute atomic E-state index is 12.8. The molecule has 1 saturated carbocycles. The zero-order valence-electron chi connectivity index (χ0n) is 26.1. The van der Waals surface area contributed by atoms with Crippen LogP contribution < -0.4 is 15.4 Å². The zero-order chi connectivity index (χ0) is 32.8. The molecule has 0 saturated heterocycles. The maximum atomic E-state index is 12.8. The Hall–Kier alpha value is -4.80. The van der Waals surface area contributed by atoms with E-state index in [-0.39, 0.29) is 31.3 Å². The molecule has 1 aliphatic carbocycles. The number of hydrogen-bond acceptors (Lipinski definition) is 9. The van der Waals surface area contributed by atoms with Gasteiger partial charge in [-0.1, -0.05) is 36.9 Å². The number of hydrogen-bond donors (Lipinski definition) is 2. The quantitative estimate of drug-likeness (QED) is 0.137. The van der Waals surface area contributed by atoms with Gasteiger partial charge in [-0.2, -0.15) is 0 Å². The molecule has 1 atom stereocenters. The van der Waals surface area contributed by atoms with Crippen molar-refractivity contribution in [3.8, 4) is 5.75 Å². The predicted molar refractivity (Wildman–Crippen MR) is 169 cm³/mol. The highest BCUT2D eigenvalue weighted by molar-refractivity contribution is 5.90. The van der Waals surface area contributed by atoms with Gasteiger partial charge in [-0.05, 0) is 88.1 Å². The number of nitrogens with one attached hydrogen (secondary N) is 2. The third-order valence-electron chi connectivity index (χ3n) is 7.24. The minimum absolute atomic E-state index is 0.0587. The van der Waals surface area contributed by atoms with Crippen molar-refractivity contribution >= 4 is 35.5 Å². The highest BCUT2D eigenvalue weighted by Crippen LogP contribution is 2.29. The molecule has 2 N–H and O–H groups in total. The molecule has 1 fully saturated rings. The first-order valence-corrected chi connectivity index (χ1v) is 14.9. The van der Waals surface area contributed by atoms with E-state index in [4.69, 9.17) is 23.7 Å². The Morgan fingerprint density at radius 3 is 2.13 bits per heavy atom. The van der Waals surface area contributed by atoms with Crippen LogP contribution in [-0.4, -0.2) is 56.7 Å². The Labute approximate surface area is 263 Å². The van der Waals surface area contributed by atoms with Gasteiger partial charge in [0.25, 0.3) is 0 Å². The summed E-state index contributed by atoms with van der Waals surface area (Å²) in [7, 11) is 0. The van der Waals surface area contributed by atoms with Crippen molar-refractivity contribution in [2.45, 2.75) is 52.6 Å². The monoisotopic (exact) mass is 622 g/mol. The Morgan fingerprint density at radius 1 is 0.867 bits per heavy atom. The van der Waals surface area contributed by atoms with Gasteiger partial charge in [-0.25, -0.2) is 19.2 Å². The first-order valence-electron chi connectivity index (χ1n) is 14.9. The van der Waals surface area contributed by atoms with E-state index in [1.165, 1.54) is 6.92 Å².